The zero-order valence-corrected chi connectivity index (χ0v) is 9.03. The predicted octanol–water partition coefficient (Wildman–Crippen LogP) is 2.36. The molecule has 1 aromatic heterocycles. The fourth-order valence-electron chi connectivity index (χ4n) is 2.13. The van der Waals surface area contributed by atoms with Crippen LogP contribution in [-0.2, 0) is 6.42 Å². The Balaban J connectivity index is 2.36. The lowest BCUT2D eigenvalue weighted by Gasteiger charge is -2.22. The van der Waals surface area contributed by atoms with Gasteiger partial charge < -0.3 is 9.15 Å². The lowest BCUT2D eigenvalue weighted by Crippen LogP contribution is -2.23. The Morgan fingerprint density at radius 1 is 1.31 bits per heavy atom. The Hall–Kier alpha value is -1.77. The van der Waals surface area contributed by atoms with Crippen molar-refractivity contribution >= 4 is 11.0 Å². The third-order valence-electron chi connectivity index (χ3n) is 2.92. The van der Waals surface area contributed by atoms with Crippen molar-refractivity contribution in [2.45, 2.75) is 13.3 Å². The first-order chi connectivity index (χ1) is 7.75. The van der Waals surface area contributed by atoms with Crippen molar-refractivity contribution in [2.75, 3.05) is 6.61 Å². The van der Waals surface area contributed by atoms with Crippen LogP contribution in [0.25, 0.3) is 11.0 Å². The highest BCUT2D eigenvalue weighted by Gasteiger charge is 2.22. The molecular weight excluding hydrogens is 204 g/mol. The molecule has 1 unspecified atom stereocenters. The molecule has 0 radical (unpaired) electrons. The Labute approximate surface area is 92.6 Å². The molecule has 2 heterocycles. The topological polar surface area (TPSA) is 39.4 Å². The predicted molar refractivity (Wildman–Crippen MR) is 60.8 cm³/mol. The number of rotatable bonds is 0. The van der Waals surface area contributed by atoms with Crippen molar-refractivity contribution in [2.24, 2.45) is 5.92 Å². The molecule has 0 saturated carbocycles. The van der Waals surface area contributed by atoms with Crippen molar-refractivity contribution in [1.29, 1.82) is 0 Å². The molecule has 3 heteroatoms. The van der Waals surface area contributed by atoms with Crippen molar-refractivity contribution < 1.29 is 9.15 Å². The minimum Gasteiger partial charge on any atom is -0.492 e. The van der Waals surface area contributed by atoms with E-state index in [9.17, 15) is 4.79 Å². The monoisotopic (exact) mass is 216 g/mol. The molecule has 82 valence electrons. The normalized spacial score (nSPS) is 19.2. The number of fused-ring (bicyclic) bond motifs is 3. The molecule has 0 amide bonds. The van der Waals surface area contributed by atoms with Gasteiger partial charge in [0.25, 0.3) is 0 Å². The summed E-state index contributed by atoms with van der Waals surface area (Å²) in [5, 5.41) is 0.893. The van der Waals surface area contributed by atoms with E-state index in [1.54, 1.807) is 6.07 Å². The Morgan fingerprint density at radius 2 is 2.12 bits per heavy atom. The van der Waals surface area contributed by atoms with E-state index in [0.717, 1.165) is 11.8 Å². The summed E-state index contributed by atoms with van der Waals surface area (Å²) in [7, 11) is 0. The molecule has 3 rings (SSSR count). The molecule has 0 saturated heterocycles. The van der Waals surface area contributed by atoms with Gasteiger partial charge in [-0.3, -0.25) is 0 Å². The molecule has 1 atom stereocenters. The van der Waals surface area contributed by atoms with E-state index < -0.39 is 0 Å². The van der Waals surface area contributed by atoms with E-state index in [4.69, 9.17) is 9.15 Å². The molecule has 3 nitrogen and oxygen atoms in total. The van der Waals surface area contributed by atoms with Gasteiger partial charge in [-0.05, 0) is 24.5 Å². The van der Waals surface area contributed by atoms with E-state index in [1.807, 2.05) is 18.2 Å². The molecule has 1 aliphatic rings. The summed E-state index contributed by atoms with van der Waals surface area (Å²) in [5.41, 5.74) is 1.01. The number of hydrogen-bond acceptors (Lipinski definition) is 3. The van der Waals surface area contributed by atoms with Crippen molar-refractivity contribution in [3.8, 4) is 5.75 Å². The van der Waals surface area contributed by atoms with Gasteiger partial charge in [-0.2, -0.15) is 0 Å². The lowest BCUT2D eigenvalue weighted by atomic mass is 9.98. The van der Waals surface area contributed by atoms with Crippen LogP contribution in [0.15, 0.2) is 33.5 Å². The van der Waals surface area contributed by atoms with E-state index >= 15 is 0 Å². The largest absolute Gasteiger partial charge is 0.492 e. The second-order valence-corrected chi connectivity index (χ2v) is 4.31. The fourth-order valence-corrected chi connectivity index (χ4v) is 2.13. The first kappa shape index (κ1) is 9.46. The third-order valence-corrected chi connectivity index (χ3v) is 2.92. The van der Waals surface area contributed by atoms with Gasteiger partial charge in [0.15, 0.2) is 0 Å². The maximum absolute atomic E-state index is 11.8. The van der Waals surface area contributed by atoms with E-state index in [2.05, 4.69) is 6.92 Å². The zero-order valence-electron chi connectivity index (χ0n) is 9.03. The SMILES string of the molecule is CC1COc2c(c(=O)oc3ccccc23)C1. The van der Waals surface area contributed by atoms with Crippen LogP contribution in [0, 0.1) is 5.92 Å². The molecule has 16 heavy (non-hydrogen) atoms. The number of ether oxygens (including phenoxy) is 1. The van der Waals surface area contributed by atoms with Gasteiger partial charge >= 0.3 is 5.63 Å². The standard InChI is InChI=1S/C13H12O3/c1-8-6-10-12(15-7-8)9-4-2-3-5-11(9)16-13(10)14/h2-5,8H,6-7H2,1H3. The fraction of sp³-hybridized carbons (Fsp3) is 0.308. The second-order valence-electron chi connectivity index (χ2n) is 4.31. The average Bonchev–Trinajstić information content (AvgIpc) is 2.29. The van der Waals surface area contributed by atoms with Crippen molar-refractivity contribution in [1.82, 2.24) is 0 Å². The molecule has 0 fully saturated rings. The second kappa shape index (κ2) is 3.37. The van der Waals surface area contributed by atoms with Crippen LogP contribution < -0.4 is 10.4 Å². The van der Waals surface area contributed by atoms with Gasteiger partial charge in [-0.25, -0.2) is 4.79 Å². The van der Waals surface area contributed by atoms with Gasteiger partial charge in [0.2, 0.25) is 0 Å². The molecule has 0 aliphatic carbocycles. The Morgan fingerprint density at radius 3 is 3.00 bits per heavy atom. The summed E-state index contributed by atoms with van der Waals surface area (Å²) >= 11 is 0. The number of para-hydroxylation sites is 1. The zero-order chi connectivity index (χ0) is 11.1. The Kier molecular flexibility index (Phi) is 1.99. The van der Waals surface area contributed by atoms with Crippen molar-refractivity contribution in [3.05, 3.63) is 40.2 Å². The lowest BCUT2D eigenvalue weighted by molar-refractivity contribution is 0.232. The highest BCUT2D eigenvalue weighted by molar-refractivity contribution is 5.84. The summed E-state index contributed by atoms with van der Waals surface area (Å²) in [6.07, 6.45) is 0.739. The first-order valence-electron chi connectivity index (χ1n) is 5.43. The molecule has 1 aromatic carbocycles. The van der Waals surface area contributed by atoms with Crippen LogP contribution in [0.1, 0.15) is 12.5 Å². The van der Waals surface area contributed by atoms with Gasteiger partial charge in [-0.1, -0.05) is 19.1 Å². The van der Waals surface area contributed by atoms with E-state index in [1.165, 1.54) is 0 Å². The van der Waals surface area contributed by atoms with E-state index in [0.29, 0.717) is 29.4 Å². The van der Waals surface area contributed by atoms with Gasteiger partial charge in [0.1, 0.15) is 11.3 Å². The number of benzene rings is 1. The smallest absolute Gasteiger partial charge is 0.343 e. The molecular formula is C13H12O3. The molecule has 2 aromatic rings. The molecule has 0 bridgehead atoms. The van der Waals surface area contributed by atoms with Gasteiger partial charge in [0.05, 0.1) is 17.6 Å². The molecule has 1 aliphatic heterocycles. The van der Waals surface area contributed by atoms with Crippen LogP contribution in [0.3, 0.4) is 0 Å². The summed E-state index contributed by atoms with van der Waals surface area (Å²) in [4.78, 5) is 11.8. The van der Waals surface area contributed by atoms with Crippen LogP contribution in [0.5, 0.6) is 5.75 Å². The highest BCUT2D eigenvalue weighted by atomic mass is 16.5. The summed E-state index contributed by atoms with van der Waals surface area (Å²) in [6, 6.07) is 7.48. The maximum Gasteiger partial charge on any atom is 0.343 e. The van der Waals surface area contributed by atoms with Crippen LogP contribution in [0.4, 0.5) is 0 Å². The van der Waals surface area contributed by atoms with E-state index in [-0.39, 0.29) is 5.63 Å². The quantitative estimate of drug-likeness (QED) is 0.634. The molecule has 0 spiro atoms. The third kappa shape index (κ3) is 1.32. The van der Waals surface area contributed by atoms with Gasteiger partial charge in [-0.15, -0.1) is 0 Å². The number of hydrogen-bond donors (Lipinski definition) is 0. The highest BCUT2D eigenvalue weighted by Crippen LogP contribution is 2.32. The summed E-state index contributed by atoms with van der Waals surface area (Å²) in [5.74, 6) is 1.08. The van der Waals surface area contributed by atoms with Crippen LogP contribution >= 0.6 is 0 Å². The van der Waals surface area contributed by atoms with Crippen LogP contribution in [-0.4, -0.2) is 6.61 Å². The van der Waals surface area contributed by atoms with Gasteiger partial charge in [0, 0.05) is 0 Å². The van der Waals surface area contributed by atoms with Crippen LogP contribution in [0.2, 0.25) is 0 Å². The minimum atomic E-state index is -0.264. The maximum atomic E-state index is 11.8. The first-order valence-corrected chi connectivity index (χ1v) is 5.43. The van der Waals surface area contributed by atoms with Crippen molar-refractivity contribution in [3.63, 3.8) is 0 Å². The average molecular weight is 216 g/mol. The minimum absolute atomic E-state index is 0.264. The Bertz CT molecular complexity index is 598. The molecule has 0 N–H and O–H groups in total. The summed E-state index contributed by atoms with van der Waals surface area (Å²) < 4.78 is 10.9. The summed E-state index contributed by atoms with van der Waals surface area (Å²) in [6.45, 7) is 2.73.